The fourth-order valence-corrected chi connectivity index (χ4v) is 4.49. The Morgan fingerprint density at radius 1 is 0.931 bits per heavy atom. The maximum atomic E-state index is 12.5. The van der Waals surface area contributed by atoms with Crippen molar-refractivity contribution in [1.29, 1.82) is 0 Å². The van der Waals surface area contributed by atoms with Crippen molar-refractivity contribution < 1.29 is 9.59 Å². The third-order valence-electron chi connectivity index (χ3n) is 6.40. The van der Waals surface area contributed by atoms with Crippen LogP contribution in [0.2, 0.25) is 0 Å². The number of rotatable bonds is 6. The molecule has 0 radical (unpaired) electrons. The molecule has 3 rings (SSSR count). The number of carbonyl (C=O) groups is 2. The molecule has 2 fully saturated rings. The summed E-state index contributed by atoms with van der Waals surface area (Å²) in [5, 5.41) is 6.30. The van der Waals surface area contributed by atoms with Crippen molar-refractivity contribution in [2.75, 3.05) is 44.6 Å². The highest BCUT2D eigenvalue weighted by molar-refractivity contribution is 5.93. The van der Waals surface area contributed by atoms with E-state index in [2.05, 4.69) is 27.4 Å². The maximum absolute atomic E-state index is 12.5. The third-order valence-corrected chi connectivity index (χ3v) is 6.40. The first-order chi connectivity index (χ1) is 13.9. The number of carbonyl (C=O) groups excluding carboxylic acids is 2. The van der Waals surface area contributed by atoms with E-state index < -0.39 is 0 Å². The van der Waals surface area contributed by atoms with Gasteiger partial charge in [-0.2, -0.15) is 0 Å². The Morgan fingerprint density at radius 2 is 1.48 bits per heavy atom. The van der Waals surface area contributed by atoms with E-state index in [0.29, 0.717) is 25.0 Å². The summed E-state index contributed by atoms with van der Waals surface area (Å²) in [6, 6.07) is 6.37. The summed E-state index contributed by atoms with van der Waals surface area (Å²) in [5.41, 5.74) is 3.09. The lowest BCUT2D eigenvalue weighted by Gasteiger charge is -2.35. The SMILES string of the molecule is Cc1cccc(C)c1NC(=O)CN1CCN(CC(=O)N[C@H]2CCCC[C@H]2C)CC1. The normalized spacial score (nSPS) is 23.6. The molecule has 160 valence electrons. The zero-order chi connectivity index (χ0) is 20.8. The standard InChI is InChI=1S/C23H36N4O2/c1-17-7-4-5-10-20(17)24-21(28)15-26-11-13-27(14-12-26)16-22(29)25-23-18(2)8-6-9-19(23)3/h6,8-9,17,20H,4-5,7,10-16H2,1-3H3,(H,24,28)(H,25,29)/t17-,20+/m1/s1. The van der Waals surface area contributed by atoms with Gasteiger partial charge in [-0.15, -0.1) is 0 Å². The molecule has 6 heteroatoms. The van der Waals surface area contributed by atoms with Gasteiger partial charge >= 0.3 is 0 Å². The molecule has 1 saturated heterocycles. The number of aryl methyl sites for hydroxylation is 2. The molecule has 2 atom stereocenters. The molecule has 0 unspecified atom stereocenters. The number of benzene rings is 1. The van der Waals surface area contributed by atoms with Gasteiger partial charge in [0.2, 0.25) is 11.8 Å². The van der Waals surface area contributed by atoms with E-state index in [0.717, 1.165) is 49.4 Å². The summed E-state index contributed by atoms with van der Waals surface area (Å²) in [6.07, 6.45) is 4.83. The molecule has 1 aliphatic heterocycles. The Morgan fingerprint density at radius 3 is 2.07 bits per heavy atom. The van der Waals surface area contributed by atoms with E-state index in [4.69, 9.17) is 0 Å². The highest BCUT2D eigenvalue weighted by atomic mass is 16.2. The number of hydrogen-bond donors (Lipinski definition) is 2. The summed E-state index contributed by atoms with van der Waals surface area (Å²) in [4.78, 5) is 29.3. The van der Waals surface area contributed by atoms with Crippen molar-refractivity contribution in [3.8, 4) is 0 Å². The molecule has 0 spiro atoms. The molecule has 1 aliphatic carbocycles. The molecule has 29 heavy (non-hydrogen) atoms. The van der Waals surface area contributed by atoms with Gasteiger partial charge in [0, 0.05) is 37.9 Å². The second-order valence-electron chi connectivity index (χ2n) is 8.80. The van der Waals surface area contributed by atoms with Gasteiger partial charge in [-0.1, -0.05) is 38.0 Å². The number of nitrogens with zero attached hydrogens (tertiary/aromatic N) is 2. The Labute approximate surface area is 175 Å². The summed E-state index contributed by atoms with van der Waals surface area (Å²) in [5.74, 6) is 0.754. The van der Waals surface area contributed by atoms with Gasteiger partial charge in [0.25, 0.3) is 0 Å². The minimum absolute atomic E-state index is 0.0277. The van der Waals surface area contributed by atoms with E-state index in [1.807, 2.05) is 32.0 Å². The van der Waals surface area contributed by atoms with E-state index in [1.54, 1.807) is 0 Å². The molecular weight excluding hydrogens is 364 g/mol. The lowest BCUT2D eigenvalue weighted by molar-refractivity contribution is -0.124. The predicted molar refractivity (Wildman–Crippen MR) is 117 cm³/mol. The molecule has 2 N–H and O–H groups in total. The highest BCUT2D eigenvalue weighted by Gasteiger charge is 2.25. The van der Waals surface area contributed by atoms with E-state index in [-0.39, 0.29) is 11.8 Å². The van der Waals surface area contributed by atoms with E-state index in [9.17, 15) is 9.59 Å². The van der Waals surface area contributed by atoms with Crippen LogP contribution in [0.3, 0.4) is 0 Å². The molecule has 2 amide bonds. The number of anilines is 1. The average molecular weight is 401 g/mol. The Kier molecular flexibility index (Phi) is 7.67. The van der Waals surface area contributed by atoms with Crippen LogP contribution in [0.25, 0.3) is 0 Å². The second-order valence-corrected chi connectivity index (χ2v) is 8.80. The van der Waals surface area contributed by atoms with Crippen LogP contribution in [-0.4, -0.2) is 66.9 Å². The van der Waals surface area contributed by atoms with Gasteiger partial charge in [-0.3, -0.25) is 19.4 Å². The number of piperazine rings is 1. The monoisotopic (exact) mass is 400 g/mol. The first kappa shape index (κ1) is 21.8. The van der Waals surface area contributed by atoms with Crippen LogP contribution >= 0.6 is 0 Å². The molecule has 2 aliphatic rings. The molecule has 6 nitrogen and oxygen atoms in total. The van der Waals surface area contributed by atoms with Crippen molar-refractivity contribution in [3.05, 3.63) is 29.3 Å². The van der Waals surface area contributed by atoms with Crippen LogP contribution in [0.15, 0.2) is 18.2 Å². The maximum Gasteiger partial charge on any atom is 0.238 e. The minimum Gasteiger partial charge on any atom is -0.352 e. The molecular formula is C23H36N4O2. The van der Waals surface area contributed by atoms with E-state index >= 15 is 0 Å². The smallest absolute Gasteiger partial charge is 0.238 e. The summed E-state index contributed by atoms with van der Waals surface area (Å²) < 4.78 is 0. The summed E-state index contributed by atoms with van der Waals surface area (Å²) in [7, 11) is 0. The molecule has 1 heterocycles. The largest absolute Gasteiger partial charge is 0.352 e. The fourth-order valence-electron chi connectivity index (χ4n) is 4.49. The lowest BCUT2D eigenvalue weighted by atomic mass is 9.86. The van der Waals surface area contributed by atoms with Crippen LogP contribution in [0, 0.1) is 19.8 Å². The molecule has 1 aromatic carbocycles. The van der Waals surface area contributed by atoms with Gasteiger partial charge < -0.3 is 10.6 Å². The Balaban J connectivity index is 1.38. The average Bonchev–Trinajstić information content (AvgIpc) is 2.68. The van der Waals surface area contributed by atoms with Gasteiger partial charge in [0.15, 0.2) is 0 Å². The number of hydrogen-bond acceptors (Lipinski definition) is 4. The lowest BCUT2D eigenvalue weighted by Crippen LogP contribution is -2.52. The van der Waals surface area contributed by atoms with Crippen LogP contribution in [0.4, 0.5) is 5.69 Å². The van der Waals surface area contributed by atoms with Gasteiger partial charge in [0.05, 0.1) is 13.1 Å². The van der Waals surface area contributed by atoms with Crippen LogP contribution in [0.5, 0.6) is 0 Å². The van der Waals surface area contributed by atoms with Gasteiger partial charge in [0.1, 0.15) is 0 Å². The minimum atomic E-state index is 0.0277. The zero-order valence-corrected chi connectivity index (χ0v) is 18.2. The summed E-state index contributed by atoms with van der Waals surface area (Å²) >= 11 is 0. The second kappa shape index (κ2) is 10.2. The fraction of sp³-hybridized carbons (Fsp3) is 0.652. The van der Waals surface area contributed by atoms with Crippen LogP contribution in [0.1, 0.15) is 43.7 Å². The zero-order valence-electron chi connectivity index (χ0n) is 18.2. The first-order valence-electron chi connectivity index (χ1n) is 11.0. The van der Waals surface area contributed by atoms with Crippen molar-refractivity contribution in [1.82, 2.24) is 15.1 Å². The van der Waals surface area contributed by atoms with Gasteiger partial charge in [-0.05, 0) is 43.7 Å². The predicted octanol–water partition coefficient (Wildman–Crippen LogP) is 2.55. The van der Waals surface area contributed by atoms with Crippen molar-refractivity contribution >= 4 is 17.5 Å². The Hall–Kier alpha value is -1.92. The van der Waals surface area contributed by atoms with E-state index in [1.165, 1.54) is 19.3 Å². The van der Waals surface area contributed by atoms with Crippen LogP contribution in [-0.2, 0) is 9.59 Å². The quantitative estimate of drug-likeness (QED) is 0.770. The highest BCUT2D eigenvalue weighted by Crippen LogP contribution is 2.23. The topological polar surface area (TPSA) is 64.7 Å². The number of para-hydroxylation sites is 1. The molecule has 0 aromatic heterocycles. The van der Waals surface area contributed by atoms with Crippen molar-refractivity contribution in [2.45, 2.75) is 52.5 Å². The number of amides is 2. The molecule has 1 aromatic rings. The third kappa shape index (κ3) is 6.28. The molecule has 1 saturated carbocycles. The molecule has 0 bridgehead atoms. The van der Waals surface area contributed by atoms with Crippen molar-refractivity contribution in [2.24, 2.45) is 5.92 Å². The first-order valence-corrected chi connectivity index (χ1v) is 11.0. The number of nitrogens with one attached hydrogen (secondary N) is 2. The van der Waals surface area contributed by atoms with Gasteiger partial charge in [-0.25, -0.2) is 0 Å². The van der Waals surface area contributed by atoms with Crippen molar-refractivity contribution in [3.63, 3.8) is 0 Å². The Bertz CT molecular complexity index is 693. The van der Waals surface area contributed by atoms with Crippen LogP contribution < -0.4 is 10.6 Å². The summed E-state index contributed by atoms with van der Waals surface area (Å²) in [6.45, 7) is 10.4.